The Hall–Kier alpha value is -1.26. The van der Waals surface area contributed by atoms with Crippen LogP contribution in [0, 0.1) is 11.3 Å². The van der Waals surface area contributed by atoms with Gasteiger partial charge in [-0.3, -0.25) is 4.79 Å². The molecule has 1 saturated heterocycles. The first kappa shape index (κ1) is 20.8. The molecule has 0 spiro atoms. The summed E-state index contributed by atoms with van der Waals surface area (Å²) >= 11 is 0. The molecule has 1 rings (SSSR count). The van der Waals surface area contributed by atoms with Crippen LogP contribution in [0.15, 0.2) is 0 Å². The van der Waals surface area contributed by atoms with Crippen molar-refractivity contribution in [3.05, 3.63) is 0 Å². The van der Waals surface area contributed by atoms with Gasteiger partial charge >= 0.3 is 12.1 Å². The van der Waals surface area contributed by atoms with Crippen LogP contribution in [-0.4, -0.2) is 42.3 Å². The molecule has 1 fully saturated rings. The highest BCUT2D eigenvalue weighted by Crippen LogP contribution is 2.33. The van der Waals surface area contributed by atoms with E-state index in [0.29, 0.717) is 12.5 Å². The number of hydrogen-bond donors (Lipinski definition) is 0. The molecule has 140 valence electrons. The molecule has 0 saturated carbocycles. The fourth-order valence-electron chi connectivity index (χ4n) is 2.98. The van der Waals surface area contributed by atoms with E-state index in [1.165, 1.54) is 0 Å². The van der Waals surface area contributed by atoms with Crippen LogP contribution in [-0.2, 0) is 14.3 Å². The van der Waals surface area contributed by atoms with Crippen molar-refractivity contribution in [1.29, 1.82) is 0 Å². The first-order valence-corrected chi connectivity index (χ1v) is 9.26. The number of hydrogen-bond acceptors (Lipinski definition) is 4. The third-order valence-corrected chi connectivity index (χ3v) is 4.92. The zero-order chi connectivity index (χ0) is 18.4. The van der Waals surface area contributed by atoms with Crippen LogP contribution in [0.5, 0.6) is 0 Å². The molecule has 1 atom stereocenters. The monoisotopic (exact) mass is 341 g/mol. The molecule has 1 heterocycles. The van der Waals surface area contributed by atoms with E-state index in [1.54, 1.807) is 4.90 Å². The summed E-state index contributed by atoms with van der Waals surface area (Å²) in [4.78, 5) is 26.0. The van der Waals surface area contributed by atoms with Crippen LogP contribution < -0.4 is 0 Å². The van der Waals surface area contributed by atoms with Crippen LogP contribution in [0.25, 0.3) is 0 Å². The Balaban J connectivity index is 2.43. The Morgan fingerprint density at radius 3 is 2.12 bits per heavy atom. The first-order valence-electron chi connectivity index (χ1n) is 9.26. The molecular weight excluding hydrogens is 306 g/mol. The second-order valence-corrected chi connectivity index (χ2v) is 8.08. The van der Waals surface area contributed by atoms with Gasteiger partial charge in [-0.25, -0.2) is 4.79 Å². The normalized spacial score (nSPS) is 18.8. The zero-order valence-corrected chi connectivity index (χ0v) is 16.3. The molecule has 0 aromatic rings. The molecule has 1 aliphatic rings. The molecule has 0 aliphatic carbocycles. The van der Waals surface area contributed by atoms with Gasteiger partial charge in [0.1, 0.15) is 5.60 Å². The summed E-state index contributed by atoms with van der Waals surface area (Å²) in [5, 5.41) is 0. The van der Waals surface area contributed by atoms with Gasteiger partial charge in [-0.05, 0) is 72.6 Å². The lowest BCUT2D eigenvalue weighted by Crippen LogP contribution is -2.42. The van der Waals surface area contributed by atoms with Crippen molar-refractivity contribution < 1.29 is 19.1 Å². The van der Waals surface area contributed by atoms with E-state index in [2.05, 4.69) is 0 Å². The van der Waals surface area contributed by atoms with E-state index in [9.17, 15) is 9.59 Å². The van der Waals surface area contributed by atoms with E-state index in [-0.39, 0.29) is 12.1 Å². The van der Waals surface area contributed by atoms with Crippen LogP contribution in [0.4, 0.5) is 4.79 Å². The SMILES string of the molecule is CCOC(=O)C(C)(CC)CCC1CCN(C(=O)OC(C)(C)C)CC1. The molecule has 0 aromatic heterocycles. The molecule has 0 aromatic carbocycles. The van der Waals surface area contributed by atoms with Crippen molar-refractivity contribution in [3.63, 3.8) is 0 Å². The number of ether oxygens (including phenoxy) is 2. The van der Waals surface area contributed by atoms with E-state index in [1.807, 2.05) is 41.5 Å². The maximum absolute atomic E-state index is 12.2. The number of nitrogens with zero attached hydrogens (tertiary/aromatic N) is 1. The number of likely N-dealkylation sites (tertiary alicyclic amines) is 1. The number of rotatable bonds is 6. The average molecular weight is 341 g/mol. The maximum Gasteiger partial charge on any atom is 0.410 e. The molecule has 1 aliphatic heterocycles. The van der Waals surface area contributed by atoms with Crippen molar-refractivity contribution in [3.8, 4) is 0 Å². The second-order valence-electron chi connectivity index (χ2n) is 8.08. The quantitative estimate of drug-likeness (QED) is 0.672. The smallest absolute Gasteiger partial charge is 0.410 e. The lowest BCUT2D eigenvalue weighted by molar-refractivity contribution is -0.155. The number of amides is 1. The van der Waals surface area contributed by atoms with Gasteiger partial charge in [-0.2, -0.15) is 0 Å². The van der Waals surface area contributed by atoms with E-state index in [0.717, 1.165) is 45.2 Å². The van der Waals surface area contributed by atoms with Gasteiger partial charge in [-0.1, -0.05) is 6.92 Å². The highest BCUT2D eigenvalue weighted by Gasteiger charge is 2.34. The average Bonchev–Trinajstić information content (AvgIpc) is 2.51. The Bertz CT molecular complexity index is 422. The Morgan fingerprint density at radius 2 is 1.67 bits per heavy atom. The van der Waals surface area contributed by atoms with Crippen molar-refractivity contribution >= 4 is 12.1 Å². The lowest BCUT2D eigenvalue weighted by atomic mass is 9.79. The number of piperidine rings is 1. The van der Waals surface area contributed by atoms with Crippen molar-refractivity contribution in [1.82, 2.24) is 4.90 Å². The van der Waals surface area contributed by atoms with Crippen LogP contribution in [0.1, 0.15) is 73.6 Å². The van der Waals surface area contributed by atoms with Crippen LogP contribution in [0.2, 0.25) is 0 Å². The van der Waals surface area contributed by atoms with Gasteiger partial charge in [0.25, 0.3) is 0 Å². The summed E-state index contributed by atoms with van der Waals surface area (Å²) in [6.45, 7) is 13.5. The number of carbonyl (C=O) groups excluding carboxylic acids is 2. The van der Waals surface area contributed by atoms with Gasteiger partial charge in [0.05, 0.1) is 12.0 Å². The number of esters is 1. The molecule has 5 nitrogen and oxygen atoms in total. The maximum atomic E-state index is 12.2. The van der Waals surface area contributed by atoms with E-state index < -0.39 is 11.0 Å². The van der Waals surface area contributed by atoms with Crippen molar-refractivity contribution in [2.24, 2.45) is 11.3 Å². The molecule has 24 heavy (non-hydrogen) atoms. The van der Waals surface area contributed by atoms with Crippen LogP contribution in [0.3, 0.4) is 0 Å². The standard InChI is InChI=1S/C19H35NO4/c1-7-19(6,16(21)23-8-2)12-9-15-10-13-20(14-11-15)17(22)24-18(3,4)5/h15H,7-14H2,1-6H3. The third-order valence-electron chi connectivity index (χ3n) is 4.92. The van der Waals surface area contributed by atoms with Gasteiger partial charge in [0, 0.05) is 13.1 Å². The molecule has 0 radical (unpaired) electrons. The fourth-order valence-corrected chi connectivity index (χ4v) is 2.98. The molecule has 5 heteroatoms. The molecule has 1 amide bonds. The summed E-state index contributed by atoms with van der Waals surface area (Å²) in [6, 6.07) is 0. The third kappa shape index (κ3) is 6.33. The van der Waals surface area contributed by atoms with Crippen molar-refractivity contribution in [2.45, 2.75) is 79.2 Å². The van der Waals surface area contributed by atoms with Gasteiger partial charge < -0.3 is 14.4 Å². The summed E-state index contributed by atoms with van der Waals surface area (Å²) in [5.74, 6) is 0.475. The first-order chi connectivity index (χ1) is 11.1. The fraction of sp³-hybridized carbons (Fsp3) is 0.895. The second kappa shape index (κ2) is 8.72. The predicted molar refractivity (Wildman–Crippen MR) is 94.8 cm³/mol. The molecule has 0 N–H and O–H groups in total. The highest BCUT2D eigenvalue weighted by atomic mass is 16.6. The largest absolute Gasteiger partial charge is 0.466 e. The van der Waals surface area contributed by atoms with Gasteiger partial charge in [-0.15, -0.1) is 0 Å². The van der Waals surface area contributed by atoms with Crippen molar-refractivity contribution in [2.75, 3.05) is 19.7 Å². The van der Waals surface area contributed by atoms with Crippen LogP contribution >= 0.6 is 0 Å². The molecule has 1 unspecified atom stereocenters. The number of carbonyl (C=O) groups is 2. The minimum absolute atomic E-state index is 0.0845. The summed E-state index contributed by atoms with van der Waals surface area (Å²) in [7, 11) is 0. The minimum atomic E-state index is -0.448. The summed E-state index contributed by atoms with van der Waals surface area (Å²) < 4.78 is 10.7. The Kier molecular flexibility index (Phi) is 7.56. The molecule has 0 bridgehead atoms. The van der Waals surface area contributed by atoms with Gasteiger partial charge in [0.2, 0.25) is 0 Å². The Morgan fingerprint density at radius 1 is 1.08 bits per heavy atom. The van der Waals surface area contributed by atoms with E-state index >= 15 is 0 Å². The summed E-state index contributed by atoms with van der Waals surface area (Å²) in [5.41, 5.74) is -0.838. The van der Waals surface area contributed by atoms with E-state index in [4.69, 9.17) is 9.47 Å². The lowest BCUT2D eigenvalue weighted by Gasteiger charge is -2.34. The zero-order valence-electron chi connectivity index (χ0n) is 16.3. The predicted octanol–water partition coefficient (Wildman–Crippen LogP) is 4.39. The Labute approximate surface area is 147 Å². The summed E-state index contributed by atoms with van der Waals surface area (Å²) in [6.07, 6.45) is 4.38. The highest BCUT2D eigenvalue weighted by molar-refractivity contribution is 5.76. The minimum Gasteiger partial charge on any atom is -0.466 e. The topological polar surface area (TPSA) is 55.8 Å². The molecular formula is C19H35NO4. The van der Waals surface area contributed by atoms with Gasteiger partial charge in [0.15, 0.2) is 0 Å².